The molecule has 0 amide bonds. The Balaban J connectivity index is 1.56. The second-order valence-electron chi connectivity index (χ2n) is 6.07. The lowest BCUT2D eigenvalue weighted by atomic mass is 10.1. The summed E-state index contributed by atoms with van der Waals surface area (Å²) in [5.41, 5.74) is 0. The smallest absolute Gasteiger partial charge is 0.193 e. The van der Waals surface area contributed by atoms with Gasteiger partial charge in [0.25, 0.3) is 0 Å². The third-order valence-corrected chi connectivity index (χ3v) is 4.33. The Labute approximate surface area is 134 Å². The molecule has 2 rings (SSSR count). The van der Waals surface area contributed by atoms with Gasteiger partial charge in [-0.3, -0.25) is 4.99 Å². The second kappa shape index (κ2) is 10.0. The van der Waals surface area contributed by atoms with E-state index in [1.54, 1.807) is 7.11 Å². The molecule has 0 aromatic heterocycles. The molecule has 22 heavy (non-hydrogen) atoms. The van der Waals surface area contributed by atoms with Gasteiger partial charge in [-0.2, -0.15) is 0 Å². The SMILES string of the molecule is CN=C(NCCCOC1CCOCC1)N1CCC(COC)C1. The lowest BCUT2D eigenvalue weighted by molar-refractivity contribution is -0.0320. The van der Waals surface area contributed by atoms with Crippen molar-refractivity contribution in [2.45, 2.75) is 31.8 Å². The van der Waals surface area contributed by atoms with Gasteiger partial charge in [0, 0.05) is 59.5 Å². The Morgan fingerprint density at radius 3 is 2.86 bits per heavy atom. The Morgan fingerprint density at radius 2 is 2.14 bits per heavy atom. The Hall–Kier alpha value is -0.850. The van der Waals surface area contributed by atoms with E-state index in [0.29, 0.717) is 12.0 Å². The van der Waals surface area contributed by atoms with Gasteiger partial charge in [-0.05, 0) is 25.7 Å². The lowest BCUT2D eigenvalue weighted by Crippen LogP contribution is -2.41. The number of likely N-dealkylation sites (tertiary alicyclic amines) is 1. The van der Waals surface area contributed by atoms with Gasteiger partial charge in [0.2, 0.25) is 0 Å². The average Bonchev–Trinajstić information content (AvgIpc) is 3.01. The first-order valence-electron chi connectivity index (χ1n) is 8.47. The number of nitrogens with one attached hydrogen (secondary N) is 1. The highest BCUT2D eigenvalue weighted by Crippen LogP contribution is 2.16. The molecule has 2 aliphatic rings. The molecule has 0 saturated carbocycles. The van der Waals surface area contributed by atoms with Crippen LogP contribution in [0.3, 0.4) is 0 Å². The topological polar surface area (TPSA) is 55.3 Å². The number of methoxy groups -OCH3 is 1. The van der Waals surface area contributed by atoms with E-state index in [0.717, 1.165) is 71.3 Å². The third kappa shape index (κ3) is 5.74. The molecule has 6 heteroatoms. The number of nitrogens with zero attached hydrogens (tertiary/aromatic N) is 2. The van der Waals surface area contributed by atoms with Gasteiger partial charge in [-0.25, -0.2) is 0 Å². The van der Waals surface area contributed by atoms with Crippen LogP contribution in [-0.2, 0) is 14.2 Å². The summed E-state index contributed by atoms with van der Waals surface area (Å²) in [5, 5.41) is 3.44. The molecule has 0 aromatic rings. The van der Waals surface area contributed by atoms with E-state index in [2.05, 4.69) is 15.2 Å². The summed E-state index contributed by atoms with van der Waals surface area (Å²) in [4.78, 5) is 6.71. The fourth-order valence-electron chi connectivity index (χ4n) is 3.09. The fourth-order valence-corrected chi connectivity index (χ4v) is 3.09. The van der Waals surface area contributed by atoms with Crippen LogP contribution >= 0.6 is 0 Å². The van der Waals surface area contributed by atoms with Gasteiger partial charge in [0.15, 0.2) is 5.96 Å². The number of ether oxygens (including phenoxy) is 3. The van der Waals surface area contributed by atoms with Crippen LogP contribution in [-0.4, -0.2) is 77.2 Å². The van der Waals surface area contributed by atoms with Crippen LogP contribution in [0.1, 0.15) is 25.7 Å². The zero-order valence-electron chi connectivity index (χ0n) is 14.1. The second-order valence-corrected chi connectivity index (χ2v) is 6.07. The normalized spacial score (nSPS) is 24.0. The van der Waals surface area contributed by atoms with E-state index in [4.69, 9.17) is 14.2 Å². The van der Waals surface area contributed by atoms with Gasteiger partial charge in [-0.15, -0.1) is 0 Å². The molecular weight excluding hydrogens is 282 g/mol. The molecular formula is C16H31N3O3. The molecule has 0 aliphatic carbocycles. The van der Waals surface area contributed by atoms with Crippen molar-refractivity contribution in [2.75, 3.05) is 60.2 Å². The van der Waals surface area contributed by atoms with Gasteiger partial charge >= 0.3 is 0 Å². The van der Waals surface area contributed by atoms with Crippen LogP contribution in [0, 0.1) is 5.92 Å². The van der Waals surface area contributed by atoms with E-state index in [1.165, 1.54) is 6.42 Å². The third-order valence-electron chi connectivity index (χ3n) is 4.33. The number of hydrogen-bond donors (Lipinski definition) is 1. The average molecular weight is 313 g/mol. The van der Waals surface area contributed by atoms with Crippen LogP contribution in [0.15, 0.2) is 4.99 Å². The van der Waals surface area contributed by atoms with E-state index >= 15 is 0 Å². The maximum Gasteiger partial charge on any atom is 0.193 e. The highest BCUT2D eigenvalue weighted by Gasteiger charge is 2.24. The van der Waals surface area contributed by atoms with Gasteiger partial charge < -0.3 is 24.4 Å². The van der Waals surface area contributed by atoms with Gasteiger partial charge in [0.05, 0.1) is 12.7 Å². The summed E-state index contributed by atoms with van der Waals surface area (Å²) < 4.78 is 16.5. The van der Waals surface area contributed by atoms with Gasteiger partial charge in [0.1, 0.15) is 0 Å². The number of aliphatic imine (C=N–C) groups is 1. The number of hydrogen-bond acceptors (Lipinski definition) is 4. The minimum Gasteiger partial charge on any atom is -0.384 e. The first-order valence-corrected chi connectivity index (χ1v) is 8.47. The first kappa shape index (κ1) is 17.5. The van der Waals surface area contributed by atoms with Crippen molar-refractivity contribution in [3.63, 3.8) is 0 Å². The quantitative estimate of drug-likeness (QED) is 0.434. The molecule has 0 spiro atoms. The van der Waals surface area contributed by atoms with Crippen molar-refractivity contribution in [2.24, 2.45) is 10.9 Å². The monoisotopic (exact) mass is 313 g/mol. The van der Waals surface area contributed by atoms with Crippen LogP contribution in [0.25, 0.3) is 0 Å². The molecule has 2 saturated heterocycles. The minimum atomic E-state index is 0.390. The molecule has 1 unspecified atom stereocenters. The maximum absolute atomic E-state index is 5.88. The van der Waals surface area contributed by atoms with Crippen LogP contribution < -0.4 is 5.32 Å². The van der Waals surface area contributed by atoms with Crippen LogP contribution in [0.4, 0.5) is 0 Å². The molecule has 0 aromatic carbocycles. The summed E-state index contributed by atoms with van der Waals surface area (Å²) in [6.07, 6.45) is 4.64. The van der Waals surface area contributed by atoms with E-state index in [9.17, 15) is 0 Å². The van der Waals surface area contributed by atoms with Crippen LogP contribution in [0.5, 0.6) is 0 Å². The minimum absolute atomic E-state index is 0.390. The number of guanidine groups is 1. The molecule has 1 N–H and O–H groups in total. The van der Waals surface area contributed by atoms with Crippen molar-refractivity contribution in [3.8, 4) is 0 Å². The highest BCUT2D eigenvalue weighted by atomic mass is 16.5. The summed E-state index contributed by atoms with van der Waals surface area (Å²) in [6, 6.07) is 0. The van der Waals surface area contributed by atoms with Crippen molar-refractivity contribution in [1.29, 1.82) is 0 Å². The molecule has 2 fully saturated rings. The Kier molecular flexibility index (Phi) is 7.98. The summed E-state index contributed by atoms with van der Waals surface area (Å²) in [5.74, 6) is 1.63. The summed E-state index contributed by atoms with van der Waals surface area (Å²) >= 11 is 0. The fraction of sp³-hybridized carbons (Fsp3) is 0.938. The molecule has 0 radical (unpaired) electrons. The maximum atomic E-state index is 5.88. The van der Waals surface area contributed by atoms with E-state index < -0.39 is 0 Å². The van der Waals surface area contributed by atoms with E-state index in [1.807, 2.05) is 7.05 Å². The van der Waals surface area contributed by atoms with Crippen LogP contribution in [0.2, 0.25) is 0 Å². The molecule has 2 aliphatic heterocycles. The predicted molar refractivity (Wildman–Crippen MR) is 87.3 cm³/mol. The van der Waals surface area contributed by atoms with Crippen molar-refractivity contribution < 1.29 is 14.2 Å². The zero-order valence-corrected chi connectivity index (χ0v) is 14.1. The summed E-state index contributed by atoms with van der Waals surface area (Å²) in [6.45, 7) is 6.33. The summed E-state index contributed by atoms with van der Waals surface area (Å²) in [7, 11) is 3.62. The molecule has 1 atom stereocenters. The van der Waals surface area contributed by atoms with Crippen molar-refractivity contribution in [1.82, 2.24) is 10.2 Å². The standard InChI is InChI=1S/C16H31N3O3/c1-17-16(19-8-4-14(12-19)13-20-2)18-7-3-9-22-15-5-10-21-11-6-15/h14-15H,3-13H2,1-2H3,(H,17,18). The van der Waals surface area contributed by atoms with Gasteiger partial charge in [-0.1, -0.05) is 0 Å². The van der Waals surface area contributed by atoms with Crippen molar-refractivity contribution >= 4 is 5.96 Å². The van der Waals surface area contributed by atoms with Crippen molar-refractivity contribution in [3.05, 3.63) is 0 Å². The Morgan fingerprint density at radius 1 is 1.32 bits per heavy atom. The number of rotatable bonds is 7. The Bertz CT molecular complexity index is 333. The zero-order chi connectivity index (χ0) is 15.6. The highest BCUT2D eigenvalue weighted by molar-refractivity contribution is 5.80. The molecule has 6 nitrogen and oxygen atoms in total. The van der Waals surface area contributed by atoms with E-state index in [-0.39, 0.29) is 0 Å². The lowest BCUT2D eigenvalue weighted by Gasteiger charge is -2.23. The molecule has 128 valence electrons. The molecule has 2 heterocycles. The molecule has 0 bridgehead atoms. The first-order chi connectivity index (χ1) is 10.8. The largest absolute Gasteiger partial charge is 0.384 e. The predicted octanol–water partition coefficient (Wildman–Crippen LogP) is 1.12.